The molecule has 1 aromatic carbocycles. The normalized spacial score (nSPS) is 13.7. The van der Waals surface area contributed by atoms with Gasteiger partial charge in [0.15, 0.2) is 0 Å². The molecule has 3 nitrogen and oxygen atoms in total. The number of anilines is 2. The van der Waals surface area contributed by atoms with E-state index in [1.54, 1.807) is 0 Å². The third kappa shape index (κ3) is 2.17. The summed E-state index contributed by atoms with van der Waals surface area (Å²) in [6.45, 7) is 0. The maximum Gasteiger partial charge on any atom is 0.430 e. The molecule has 1 aromatic rings. The molecule has 0 saturated heterocycles. The Morgan fingerprint density at radius 1 is 0.778 bits per heavy atom. The quantitative estimate of drug-likeness (QED) is 0.543. The Balaban J connectivity index is 3.55. The van der Waals surface area contributed by atoms with Crippen molar-refractivity contribution in [3.8, 4) is 0 Å². The summed E-state index contributed by atoms with van der Waals surface area (Å²) in [7, 11) is 0. The van der Waals surface area contributed by atoms with Gasteiger partial charge in [-0.3, -0.25) is 0 Å². The van der Waals surface area contributed by atoms with Crippen LogP contribution < -0.4 is 11.5 Å². The summed E-state index contributed by atoms with van der Waals surface area (Å²) in [4.78, 5) is 0. The van der Waals surface area contributed by atoms with Crippen molar-refractivity contribution in [3.05, 3.63) is 23.8 Å². The van der Waals surface area contributed by atoms with E-state index in [0.717, 1.165) is 6.07 Å². The molecule has 0 heterocycles. The van der Waals surface area contributed by atoms with Gasteiger partial charge in [-0.15, -0.1) is 0 Å². The maximum atomic E-state index is 12.5. The molecule has 0 saturated carbocycles. The molecule has 0 spiro atoms. The molecule has 9 heteroatoms. The molecule has 18 heavy (non-hydrogen) atoms. The molecule has 0 aliphatic carbocycles. The highest BCUT2D eigenvalue weighted by atomic mass is 19.4. The highest BCUT2D eigenvalue weighted by molar-refractivity contribution is 5.56. The number of hydrogen-bond donors (Lipinski definition) is 3. The Morgan fingerprint density at radius 2 is 1.11 bits per heavy atom. The summed E-state index contributed by atoms with van der Waals surface area (Å²) in [5.74, 6) is 0. The Morgan fingerprint density at radius 3 is 1.39 bits per heavy atom. The van der Waals surface area contributed by atoms with Crippen molar-refractivity contribution in [2.45, 2.75) is 18.0 Å². The van der Waals surface area contributed by atoms with E-state index in [0.29, 0.717) is 12.1 Å². The molecule has 0 atom stereocenters. The van der Waals surface area contributed by atoms with E-state index in [9.17, 15) is 26.3 Å². The summed E-state index contributed by atoms with van der Waals surface area (Å²) >= 11 is 0. The van der Waals surface area contributed by atoms with Crippen LogP contribution in [0.2, 0.25) is 0 Å². The minimum absolute atomic E-state index is 0.372. The van der Waals surface area contributed by atoms with E-state index >= 15 is 0 Å². The van der Waals surface area contributed by atoms with Crippen LogP contribution >= 0.6 is 0 Å². The highest BCUT2D eigenvalue weighted by Gasteiger charge is 2.71. The van der Waals surface area contributed by atoms with Crippen molar-refractivity contribution in [1.82, 2.24) is 0 Å². The fourth-order valence-corrected chi connectivity index (χ4v) is 1.37. The van der Waals surface area contributed by atoms with Crippen LogP contribution in [-0.4, -0.2) is 17.5 Å². The second-order valence-electron chi connectivity index (χ2n) is 3.59. The van der Waals surface area contributed by atoms with Crippen molar-refractivity contribution in [3.63, 3.8) is 0 Å². The zero-order valence-electron chi connectivity index (χ0n) is 8.60. The van der Waals surface area contributed by atoms with Gasteiger partial charge in [-0.1, -0.05) is 0 Å². The van der Waals surface area contributed by atoms with Gasteiger partial charge in [-0.05, 0) is 18.2 Å². The summed E-state index contributed by atoms with van der Waals surface area (Å²) in [5, 5.41) is 9.04. The van der Waals surface area contributed by atoms with Crippen LogP contribution in [0, 0.1) is 0 Å². The van der Waals surface area contributed by atoms with Gasteiger partial charge in [0.05, 0.1) is 0 Å². The first-order valence-electron chi connectivity index (χ1n) is 4.42. The lowest BCUT2D eigenvalue weighted by Gasteiger charge is -2.32. The lowest BCUT2D eigenvalue weighted by Crippen LogP contribution is -2.53. The van der Waals surface area contributed by atoms with E-state index < -0.39 is 34.9 Å². The molecule has 0 radical (unpaired) electrons. The molecule has 0 aliphatic heterocycles. The van der Waals surface area contributed by atoms with Crippen LogP contribution in [0.1, 0.15) is 5.56 Å². The molecule has 0 aromatic heterocycles. The fraction of sp³-hybridized carbons (Fsp3) is 0.333. The average molecular weight is 274 g/mol. The van der Waals surface area contributed by atoms with Crippen molar-refractivity contribution in [2.75, 3.05) is 11.5 Å². The van der Waals surface area contributed by atoms with Crippen molar-refractivity contribution in [2.24, 2.45) is 0 Å². The standard InChI is InChI=1S/C9H8F6N2O/c10-8(11,12)7(18,9(13,14)15)4-1-5(16)3-6(17)2-4/h1-3,18H,16-17H2. The summed E-state index contributed by atoms with van der Waals surface area (Å²) in [6.07, 6.45) is -11.9. The van der Waals surface area contributed by atoms with E-state index in [1.165, 1.54) is 0 Å². The Hall–Kier alpha value is -1.64. The third-order valence-electron chi connectivity index (χ3n) is 2.22. The maximum absolute atomic E-state index is 12.5. The average Bonchev–Trinajstić information content (AvgIpc) is 2.11. The highest BCUT2D eigenvalue weighted by Crippen LogP contribution is 2.50. The van der Waals surface area contributed by atoms with Gasteiger partial charge in [-0.2, -0.15) is 26.3 Å². The van der Waals surface area contributed by atoms with Crippen LogP contribution in [0.15, 0.2) is 18.2 Å². The van der Waals surface area contributed by atoms with Gasteiger partial charge in [-0.25, -0.2) is 0 Å². The minimum Gasteiger partial charge on any atom is -0.399 e. The van der Waals surface area contributed by atoms with Crippen LogP contribution in [0.5, 0.6) is 0 Å². The van der Waals surface area contributed by atoms with E-state index in [-0.39, 0.29) is 0 Å². The zero-order valence-corrected chi connectivity index (χ0v) is 8.60. The molecule has 0 fully saturated rings. The number of hydrogen-bond acceptors (Lipinski definition) is 3. The van der Waals surface area contributed by atoms with Gasteiger partial charge in [0.25, 0.3) is 5.60 Å². The number of rotatable bonds is 1. The van der Waals surface area contributed by atoms with Gasteiger partial charge >= 0.3 is 12.4 Å². The Kier molecular flexibility index (Phi) is 3.16. The molecule has 102 valence electrons. The molecule has 0 unspecified atom stereocenters. The molecular formula is C9H8F6N2O. The van der Waals surface area contributed by atoms with Crippen molar-refractivity contribution >= 4 is 11.4 Å². The van der Waals surface area contributed by atoms with E-state index in [1.807, 2.05) is 0 Å². The molecule has 0 aliphatic rings. The van der Waals surface area contributed by atoms with Gasteiger partial charge in [0.2, 0.25) is 0 Å². The second kappa shape index (κ2) is 3.94. The van der Waals surface area contributed by atoms with Crippen LogP contribution in [-0.2, 0) is 5.60 Å². The number of halogens is 6. The largest absolute Gasteiger partial charge is 0.430 e. The first kappa shape index (κ1) is 14.4. The first-order valence-corrected chi connectivity index (χ1v) is 4.42. The molecule has 5 N–H and O–H groups in total. The molecule has 1 rings (SSSR count). The minimum atomic E-state index is -5.95. The first-order chi connectivity index (χ1) is 7.89. The number of benzene rings is 1. The second-order valence-corrected chi connectivity index (χ2v) is 3.59. The summed E-state index contributed by atoms with van der Waals surface area (Å²) < 4.78 is 75.0. The van der Waals surface area contributed by atoms with Crippen molar-refractivity contribution < 1.29 is 31.4 Å². The monoisotopic (exact) mass is 274 g/mol. The van der Waals surface area contributed by atoms with Gasteiger partial charge in [0.1, 0.15) is 0 Å². The summed E-state index contributed by atoms with van der Waals surface area (Å²) in [5.41, 5.74) is 2.91. The third-order valence-corrected chi connectivity index (χ3v) is 2.22. The van der Waals surface area contributed by atoms with Gasteiger partial charge in [0, 0.05) is 16.9 Å². The van der Waals surface area contributed by atoms with Gasteiger partial charge < -0.3 is 16.6 Å². The number of nitrogens with two attached hydrogens (primary N) is 2. The lowest BCUT2D eigenvalue weighted by molar-refractivity contribution is -0.376. The number of aliphatic hydroxyl groups is 1. The number of nitrogen functional groups attached to an aromatic ring is 2. The predicted octanol–water partition coefficient (Wildman–Crippen LogP) is 2.16. The van der Waals surface area contributed by atoms with Crippen LogP contribution in [0.3, 0.4) is 0 Å². The summed E-state index contributed by atoms with van der Waals surface area (Å²) in [6, 6.07) is 1.71. The Labute approximate surface area is 97.0 Å². The smallest absolute Gasteiger partial charge is 0.399 e. The number of alkyl halides is 6. The topological polar surface area (TPSA) is 72.3 Å². The predicted molar refractivity (Wildman–Crippen MR) is 51.3 cm³/mol. The SMILES string of the molecule is Nc1cc(N)cc(C(O)(C(F)(F)F)C(F)(F)F)c1. The van der Waals surface area contributed by atoms with Crippen LogP contribution in [0.25, 0.3) is 0 Å². The van der Waals surface area contributed by atoms with Crippen LogP contribution in [0.4, 0.5) is 37.7 Å². The van der Waals surface area contributed by atoms with E-state index in [4.69, 9.17) is 16.6 Å². The molecular weight excluding hydrogens is 266 g/mol. The molecule has 0 bridgehead atoms. The van der Waals surface area contributed by atoms with E-state index in [2.05, 4.69) is 0 Å². The van der Waals surface area contributed by atoms with Crippen molar-refractivity contribution in [1.29, 1.82) is 0 Å². The fourth-order valence-electron chi connectivity index (χ4n) is 1.37. The Bertz CT molecular complexity index is 419. The molecule has 0 amide bonds. The zero-order chi connectivity index (χ0) is 14.4. The lowest BCUT2D eigenvalue weighted by atomic mass is 9.91.